The van der Waals surface area contributed by atoms with Crippen LogP contribution in [0.4, 0.5) is 5.69 Å². The van der Waals surface area contributed by atoms with E-state index in [1.54, 1.807) is 37.3 Å². The molecule has 0 saturated heterocycles. The summed E-state index contributed by atoms with van der Waals surface area (Å²) in [4.78, 5) is 25.1. The molecule has 134 valence electrons. The molecule has 2 aromatic carbocycles. The molecular formula is C20H19NO5. The van der Waals surface area contributed by atoms with Crippen molar-refractivity contribution in [1.82, 2.24) is 0 Å². The number of hydrogen-bond acceptors (Lipinski definition) is 5. The van der Waals surface area contributed by atoms with Gasteiger partial charge in [-0.2, -0.15) is 0 Å². The first-order valence-electron chi connectivity index (χ1n) is 8.57. The summed E-state index contributed by atoms with van der Waals surface area (Å²) >= 11 is 0. The normalized spacial score (nSPS) is 21.2. The van der Waals surface area contributed by atoms with E-state index in [1.165, 1.54) is 0 Å². The number of benzene rings is 2. The molecule has 1 atom stereocenters. The summed E-state index contributed by atoms with van der Waals surface area (Å²) in [6.45, 7) is 2.79. The number of rotatable bonds is 2. The quantitative estimate of drug-likeness (QED) is 0.841. The van der Waals surface area contributed by atoms with Crippen molar-refractivity contribution in [3.05, 3.63) is 53.6 Å². The monoisotopic (exact) mass is 353 g/mol. The second-order valence-corrected chi connectivity index (χ2v) is 6.62. The molecule has 2 aliphatic heterocycles. The molecule has 0 radical (unpaired) electrons. The van der Waals surface area contributed by atoms with Crippen LogP contribution in [0, 0.1) is 0 Å². The highest BCUT2D eigenvalue weighted by molar-refractivity contribution is 6.02. The molecule has 0 spiro atoms. The highest BCUT2D eigenvalue weighted by Gasteiger charge is 2.42. The van der Waals surface area contributed by atoms with Crippen LogP contribution in [0.25, 0.3) is 0 Å². The molecule has 0 fully saturated rings. The standard InChI is InChI=1S/C20H19NO5/c1-20(12-13-5-2-3-6-15(13)18(22)26-20)19(23)21-14-7-8-16-17(11-14)25-10-4-9-24-16/h2-3,5-8,11H,4,9-10,12H2,1H3,(H,21,23)/t20-/m1/s1. The van der Waals surface area contributed by atoms with Gasteiger partial charge in [-0.25, -0.2) is 4.79 Å². The fourth-order valence-electron chi connectivity index (χ4n) is 3.16. The number of anilines is 1. The Labute approximate surface area is 151 Å². The first-order chi connectivity index (χ1) is 12.5. The molecule has 1 amide bonds. The van der Waals surface area contributed by atoms with E-state index >= 15 is 0 Å². The van der Waals surface area contributed by atoms with Gasteiger partial charge in [-0.05, 0) is 30.7 Å². The first-order valence-corrected chi connectivity index (χ1v) is 8.57. The lowest BCUT2D eigenvalue weighted by Crippen LogP contribution is -2.48. The zero-order chi connectivity index (χ0) is 18.1. The molecule has 26 heavy (non-hydrogen) atoms. The Kier molecular flexibility index (Phi) is 4.03. The SMILES string of the molecule is C[C@]1(C(=O)Nc2ccc3c(c2)OCCCO3)Cc2ccccc2C(=O)O1. The van der Waals surface area contributed by atoms with E-state index in [0.717, 1.165) is 12.0 Å². The van der Waals surface area contributed by atoms with Gasteiger partial charge in [-0.15, -0.1) is 0 Å². The molecule has 0 unspecified atom stereocenters. The third kappa shape index (κ3) is 2.98. The summed E-state index contributed by atoms with van der Waals surface area (Å²) in [7, 11) is 0. The Hall–Kier alpha value is -3.02. The van der Waals surface area contributed by atoms with Crippen LogP contribution in [-0.4, -0.2) is 30.7 Å². The molecule has 2 heterocycles. The fourth-order valence-corrected chi connectivity index (χ4v) is 3.16. The maximum atomic E-state index is 12.8. The van der Waals surface area contributed by atoms with Gasteiger partial charge in [0, 0.05) is 24.6 Å². The zero-order valence-electron chi connectivity index (χ0n) is 14.4. The Morgan fingerprint density at radius 1 is 1.08 bits per heavy atom. The van der Waals surface area contributed by atoms with Crippen LogP contribution in [0.2, 0.25) is 0 Å². The minimum atomic E-state index is -1.27. The van der Waals surface area contributed by atoms with Crippen molar-refractivity contribution in [2.45, 2.75) is 25.4 Å². The van der Waals surface area contributed by atoms with E-state index in [1.807, 2.05) is 12.1 Å². The number of hydrogen-bond donors (Lipinski definition) is 1. The van der Waals surface area contributed by atoms with Gasteiger partial charge in [0.15, 0.2) is 17.1 Å². The smallest absolute Gasteiger partial charge is 0.339 e. The summed E-state index contributed by atoms with van der Waals surface area (Å²) < 4.78 is 16.7. The summed E-state index contributed by atoms with van der Waals surface area (Å²) in [6.07, 6.45) is 1.13. The minimum absolute atomic E-state index is 0.325. The molecule has 2 aromatic rings. The van der Waals surface area contributed by atoms with Gasteiger partial charge in [-0.3, -0.25) is 4.79 Å². The van der Waals surface area contributed by atoms with Gasteiger partial charge in [0.2, 0.25) is 0 Å². The van der Waals surface area contributed by atoms with Crippen molar-refractivity contribution >= 4 is 17.6 Å². The average Bonchev–Trinajstić information content (AvgIpc) is 2.86. The van der Waals surface area contributed by atoms with Crippen molar-refractivity contribution in [2.75, 3.05) is 18.5 Å². The third-order valence-corrected chi connectivity index (χ3v) is 4.57. The summed E-state index contributed by atoms with van der Waals surface area (Å²) in [5.74, 6) is 0.388. The topological polar surface area (TPSA) is 73.9 Å². The summed E-state index contributed by atoms with van der Waals surface area (Å²) in [5, 5.41) is 2.82. The van der Waals surface area contributed by atoms with Crippen molar-refractivity contribution in [3.8, 4) is 11.5 Å². The predicted octanol–water partition coefficient (Wildman–Crippen LogP) is 2.96. The summed E-state index contributed by atoms with van der Waals surface area (Å²) in [6, 6.07) is 12.4. The number of fused-ring (bicyclic) bond motifs is 2. The van der Waals surface area contributed by atoms with Crippen LogP contribution in [-0.2, 0) is 16.0 Å². The zero-order valence-corrected chi connectivity index (χ0v) is 14.4. The second kappa shape index (κ2) is 6.37. The molecule has 1 N–H and O–H groups in total. The first kappa shape index (κ1) is 16.4. The Morgan fingerprint density at radius 2 is 1.85 bits per heavy atom. The highest BCUT2D eigenvalue weighted by atomic mass is 16.6. The molecule has 0 aromatic heterocycles. The number of amides is 1. The van der Waals surface area contributed by atoms with Gasteiger partial charge in [0.1, 0.15) is 0 Å². The fraction of sp³-hybridized carbons (Fsp3) is 0.300. The van der Waals surface area contributed by atoms with Crippen molar-refractivity contribution in [3.63, 3.8) is 0 Å². The van der Waals surface area contributed by atoms with Crippen LogP contribution in [0.5, 0.6) is 11.5 Å². The van der Waals surface area contributed by atoms with Crippen LogP contribution in [0.3, 0.4) is 0 Å². The van der Waals surface area contributed by atoms with Crippen LogP contribution < -0.4 is 14.8 Å². The maximum absolute atomic E-state index is 12.8. The van der Waals surface area contributed by atoms with Gasteiger partial charge in [0.05, 0.1) is 18.8 Å². The molecule has 6 nitrogen and oxygen atoms in total. The lowest BCUT2D eigenvalue weighted by Gasteiger charge is -2.33. The van der Waals surface area contributed by atoms with Crippen LogP contribution in [0.1, 0.15) is 29.3 Å². The van der Waals surface area contributed by atoms with E-state index in [4.69, 9.17) is 14.2 Å². The van der Waals surface area contributed by atoms with Crippen molar-refractivity contribution in [2.24, 2.45) is 0 Å². The number of nitrogens with one attached hydrogen (secondary N) is 1. The third-order valence-electron chi connectivity index (χ3n) is 4.57. The molecule has 2 aliphatic rings. The van der Waals surface area contributed by atoms with Crippen molar-refractivity contribution < 1.29 is 23.8 Å². The Bertz CT molecular complexity index is 878. The van der Waals surface area contributed by atoms with Crippen LogP contribution in [0.15, 0.2) is 42.5 Å². The summed E-state index contributed by atoms with van der Waals surface area (Å²) in [5.41, 5.74) is 0.610. The van der Waals surface area contributed by atoms with Gasteiger partial charge >= 0.3 is 5.97 Å². The van der Waals surface area contributed by atoms with E-state index in [9.17, 15) is 9.59 Å². The average molecular weight is 353 g/mol. The Balaban J connectivity index is 1.55. The maximum Gasteiger partial charge on any atom is 0.339 e. The largest absolute Gasteiger partial charge is 0.490 e. The number of esters is 1. The molecule has 4 rings (SSSR count). The Morgan fingerprint density at radius 3 is 2.69 bits per heavy atom. The number of cyclic esters (lactones) is 1. The molecule has 6 heteroatoms. The number of carbonyl (C=O) groups excluding carboxylic acids is 2. The van der Waals surface area contributed by atoms with Gasteiger partial charge in [-0.1, -0.05) is 18.2 Å². The lowest BCUT2D eigenvalue weighted by atomic mass is 9.89. The van der Waals surface area contributed by atoms with Crippen LogP contribution >= 0.6 is 0 Å². The van der Waals surface area contributed by atoms with E-state index in [-0.39, 0.29) is 5.91 Å². The van der Waals surface area contributed by atoms with E-state index in [0.29, 0.717) is 42.4 Å². The lowest BCUT2D eigenvalue weighted by molar-refractivity contribution is -0.134. The molecular weight excluding hydrogens is 334 g/mol. The second-order valence-electron chi connectivity index (χ2n) is 6.62. The highest BCUT2D eigenvalue weighted by Crippen LogP contribution is 2.34. The van der Waals surface area contributed by atoms with Gasteiger partial charge in [0.25, 0.3) is 5.91 Å². The van der Waals surface area contributed by atoms with E-state index < -0.39 is 11.6 Å². The minimum Gasteiger partial charge on any atom is -0.490 e. The number of carbonyl (C=O) groups is 2. The molecule has 0 bridgehead atoms. The molecule has 0 saturated carbocycles. The van der Waals surface area contributed by atoms with E-state index in [2.05, 4.69) is 5.32 Å². The predicted molar refractivity (Wildman–Crippen MR) is 94.6 cm³/mol. The van der Waals surface area contributed by atoms with Gasteiger partial charge < -0.3 is 19.5 Å². The number of ether oxygens (including phenoxy) is 3. The van der Waals surface area contributed by atoms with Crippen molar-refractivity contribution in [1.29, 1.82) is 0 Å². The molecule has 0 aliphatic carbocycles.